The van der Waals surface area contributed by atoms with E-state index in [2.05, 4.69) is 21.8 Å². The van der Waals surface area contributed by atoms with E-state index in [9.17, 15) is 4.79 Å². The molecule has 1 aromatic rings. The Kier molecular flexibility index (Phi) is 7.09. The fourth-order valence-electron chi connectivity index (χ4n) is 3.06. The van der Waals surface area contributed by atoms with Gasteiger partial charge in [-0.15, -0.1) is 0 Å². The molecule has 1 aliphatic rings. The van der Waals surface area contributed by atoms with Crippen molar-refractivity contribution in [1.82, 2.24) is 14.9 Å². The molecule has 1 fully saturated rings. The average Bonchev–Trinajstić information content (AvgIpc) is 2.57. The molecule has 1 aliphatic heterocycles. The molecule has 1 aromatic heterocycles. The predicted octanol–water partition coefficient (Wildman–Crippen LogP) is 4.31. The van der Waals surface area contributed by atoms with Crippen LogP contribution >= 0.6 is 11.6 Å². The van der Waals surface area contributed by atoms with Crippen LogP contribution in [0.1, 0.15) is 59.1 Å². The van der Waals surface area contributed by atoms with E-state index in [1.165, 1.54) is 0 Å². The first-order valence-corrected chi connectivity index (χ1v) is 9.81. The van der Waals surface area contributed by atoms with Crippen LogP contribution in [0.2, 0.25) is 5.28 Å². The topological polar surface area (TPSA) is 58.6 Å². The number of ether oxygens (including phenoxy) is 1. The Labute approximate surface area is 161 Å². The monoisotopic (exact) mass is 382 g/mol. The molecule has 0 bridgehead atoms. The molecule has 1 atom stereocenters. The normalized spacial score (nSPS) is 17.9. The van der Waals surface area contributed by atoms with Crippen LogP contribution in [0.5, 0.6) is 0 Å². The number of piperidine rings is 1. The van der Waals surface area contributed by atoms with Gasteiger partial charge in [-0.1, -0.05) is 13.3 Å². The van der Waals surface area contributed by atoms with Crippen LogP contribution in [0.4, 0.5) is 10.6 Å². The molecule has 1 saturated heterocycles. The summed E-state index contributed by atoms with van der Waals surface area (Å²) < 4.78 is 5.50. The van der Waals surface area contributed by atoms with Gasteiger partial charge in [-0.25, -0.2) is 14.8 Å². The van der Waals surface area contributed by atoms with E-state index in [0.29, 0.717) is 0 Å². The smallest absolute Gasteiger partial charge is 0.410 e. The van der Waals surface area contributed by atoms with Gasteiger partial charge in [0.1, 0.15) is 11.4 Å². The summed E-state index contributed by atoms with van der Waals surface area (Å²) in [5.41, 5.74) is 0.484. The van der Waals surface area contributed by atoms with Gasteiger partial charge < -0.3 is 14.5 Å². The van der Waals surface area contributed by atoms with Gasteiger partial charge in [0.2, 0.25) is 5.28 Å². The number of carbonyl (C=O) groups is 1. The van der Waals surface area contributed by atoms with E-state index in [4.69, 9.17) is 16.3 Å². The van der Waals surface area contributed by atoms with E-state index in [-0.39, 0.29) is 17.4 Å². The minimum absolute atomic E-state index is 0.0893. The van der Waals surface area contributed by atoms with Gasteiger partial charge in [-0.2, -0.15) is 0 Å². The molecular formula is C19H31ClN4O2. The van der Waals surface area contributed by atoms with E-state index in [1.807, 2.05) is 33.9 Å². The quantitative estimate of drug-likeness (QED) is 0.710. The maximum atomic E-state index is 12.4. The number of nitrogens with zero attached hydrogens (tertiary/aromatic N) is 4. The number of carbonyl (C=O) groups excluding carboxylic acids is 1. The molecule has 0 spiro atoms. The van der Waals surface area contributed by atoms with Gasteiger partial charge >= 0.3 is 6.09 Å². The Morgan fingerprint density at radius 2 is 2.15 bits per heavy atom. The maximum absolute atomic E-state index is 12.4. The van der Waals surface area contributed by atoms with Crippen LogP contribution in [0.15, 0.2) is 6.07 Å². The lowest BCUT2D eigenvalue weighted by molar-refractivity contribution is 0.0209. The lowest BCUT2D eigenvalue weighted by Crippen LogP contribution is -2.50. The molecule has 6 nitrogen and oxygen atoms in total. The molecule has 2 heterocycles. The number of unbranched alkanes of at least 4 members (excludes halogenated alkanes) is 1. The van der Waals surface area contributed by atoms with Gasteiger partial charge in [0.15, 0.2) is 0 Å². The minimum atomic E-state index is -0.492. The van der Waals surface area contributed by atoms with Crippen molar-refractivity contribution < 1.29 is 9.53 Å². The summed E-state index contributed by atoms with van der Waals surface area (Å²) in [4.78, 5) is 25.0. The number of halogens is 1. The first-order chi connectivity index (χ1) is 12.2. The Hall–Kier alpha value is -1.56. The number of anilines is 1. The van der Waals surface area contributed by atoms with Crippen molar-refractivity contribution in [2.24, 2.45) is 0 Å². The summed E-state index contributed by atoms with van der Waals surface area (Å²) >= 11 is 6.14. The third kappa shape index (κ3) is 6.01. The van der Waals surface area contributed by atoms with Crippen LogP contribution in [0, 0.1) is 0 Å². The largest absolute Gasteiger partial charge is 0.444 e. The fourth-order valence-corrected chi connectivity index (χ4v) is 3.26. The molecular weight excluding hydrogens is 352 g/mol. The van der Waals surface area contributed by atoms with Crippen LogP contribution < -0.4 is 4.90 Å². The highest BCUT2D eigenvalue weighted by atomic mass is 35.5. The summed E-state index contributed by atoms with van der Waals surface area (Å²) in [5.74, 6) is 0.846. The summed E-state index contributed by atoms with van der Waals surface area (Å²) in [7, 11) is 1.81. The molecule has 0 N–H and O–H groups in total. The number of hydrogen-bond acceptors (Lipinski definition) is 5. The maximum Gasteiger partial charge on any atom is 0.410 e. The van der Waals surface area contributed by atoms with Gasteiger partial charge in [-0.3, -0.25) is 0 Å². The average molecular weight is 383 g/mol. The summed E-state index contributed by atoms with van der Waals surface area (Å²) in [6.45, 7) is 9.42. The molecule has 7 heteroatoms. The Morgan fingerprint density at radius 3 is 2.81 bits per heavy atom. The van der Waals surface area contributed by atoms with E-state index < -0.39 is 5.60 Å². The van der Waals surface area contributed by atoms with Crippen LogP contribution in [0.3, 0.4) is 0 Å². The Bertz CT molecular complexity index is 618. The second kappa shape index (κ2) is 8.89. The third-order valence-electron chi connectivity index (χ3n) is 4.47. The van der Waals surface area contributed by atoms with Crippen LogP contribution in [-0.2, 0) is 11.2 Å². The second-order valence-electron chi connectivity index (χ2n) is 7.92. The molecule has 0 aliphatic carbocycles. The second-order valence-corrected chi connectivity index (χ2v) is 8.26. The first kappa shape index (κ1) is 20.7. The number of aryl methyl sites for hydroxylation is 1. The minimum Gasteiger partial charge on any atom is -0.444 e. The van der Waals surface area contributed by atoms with Gasteiger partial charge in [0, 0.05) is 31.9 Å². The molecule has 0 aromatic carbocycles. The van der Waals surface area contributed by atoms with Crippen molar-refractivity contribution in [2.45, 2.75) is 71.4 Å². The van der Waals surface area contributed by atoms with Crippen molar-refractivity contribution in [1.29, 1.82) is 0 Å². The molecule has 146 valence electrons. The predicted molar refractivity (Wildman–Crippen MR) is 105 cm³/mol. The zero-order chi connectivity index (χ0) is 19.3. The van der Waals surface area contributed by atoms with Gasteiger partial charge in [0.05, 0.1) is 6.04 Å². The zero-order valence-corrected chi connectivity index (χ0v) is 17.3. The zero-order valence-electron chi connectivity index (χ0n) is 16.6. The van der Waals surface area contributed by atoms with Crippen LogP contribution in [-0.4, -0.2) is 52.7 Å². The number of likely N-dealkylation sites (N-methyl/N-ethyl adjacent to an activating group) is 1. The number of amides is 1. The molecule has 2 rings (SSSR count). The SMILES string of the molecule is CCCCc1cc(N2CCC[C@@H](N(C)C(=O)OC(C)(C)C)C2)nc(Cl)n1. The molecule has 0 radical (unpaired) electrons. The number of hydrogen-bond donors (Lipinski definition) is 0. The molecule has 0 saturated carbocycles. The highest BCUT2D eigenvalue weighted by molar-refractivity contribution is 6.28. The van der Waals surface area contributed by atoms with Gasteiger partial charge in [-0.05, 0) is 58.1 Å². The molecule has 1 amide bonds. The highest BCUT2D eigenvalue weighted by Gasteiger charge is 2.29. The van der Waals surface area contributed by atoms with E-state index >= 15 is 0 Å². The van der Waals surface area contributed by atoms with Crippen molar-refractivity contribution in [3.05, 3.63) is 17.0 Å². The Morgan fingerprint density at radius 1 is 1.42 bits per heavy atom. The molecule has 0 unspecified atom stereocenters. The number of aromatic nitrogens is 2. The lowest BCUT2D eigenvalue weighted by Gasteiger charge is -2.38. The highest BCUT2D eigenvalue weighted by Crippen LogP contribution is 2.23. The summed E-state index contributed by atoms with van der Waals surface area (Å²) in [6.07, 6.45) is 4.76. The van der Waals surface area contributed by atoms with E-state index in [1.54, 1.807) is 4.90 Å². The lowest BCUT2D eigenvalue weighted by atomic mass is 10.0. The van der Waals surface area contributed by atoms with Crippen LogP contribution in [0.25, 0.3) is 0 Å². The van der Waals surface area contributed by atoms with E-state index in [0.717, 1.165) is 56.7 Å². The Balaban J connectivity index is 2.08. The van der Waals surface area contributed by atoms with Crippen molar-refractivity contribution >= 4 is 23.5 Å². The van der Waals surface area contributed by atoms with Crippen molar-refractivity contribution in [3.8, 4) is 0 Å². The molecule has 26 heavy (non-hydrogen) atoms. The van der Waals surface area contributed by atoms with Crippen molar-refractivity contribution in [3.63, 3.8) is 0 Å². The van der Waals surface area contributed by atoms with Crippen molar-refractivity contribution in [2.75, 3.05) is 25.0 Å². The summed E-state index contributed by atoms with van der Waals surface area (Å²) in [6, 6.07) is 2.11. The number of rotatable bonds is 5. The first-order valence-electron chi connectivity index (χ1n) is 9.44. The third-order valence-corrected chi connectivity index (χ3v) is 4.64. The standard InChI is InChI=1S/C19H31ClN4O2/c1-6-7-9-14-12-16(22-17(20)21-14)24-11-8-10-15(13-24)23(5)18(25)26-19(2,3)4/h12,15H,6-11,13H2,1-5H3/t15-/m1/s1. The summed E-state index contributed by atoms with van der Waals surface area (Å²) in [5, 5.41) is 0.288. The fraction of sp³-hybridized carbons (Fsp3) is 0.737. The van der Waals surface area contributed by atoms with Gasteiger partial charge in [0.25, 0.3) is 0 Å².